The Morgan fingerprint density at radius 1 is 1.24 bits per heavy atom. The standard InChI is InChI=1S/C17H18N6O2/c1-23(2)17-21-15(20-16(19)22-17)12(10-18)9-11-5-3-6-13-14(11)25-8-4-7-24-13/h3,5-6,9H,4,7-8H2,1-2H3,(H2,19,20,21,22)/b12-9-. The number of ether oxygens (including phenoxy) is 2. The van der Waals surface area contributed by atoms with Gasteiger partial charge in [-0.1, -0.05) is 12.1 Å². The maximum atomic E-state index is 9.58. The minimum Gasteiger partial charge on any atom is -0.490 e. The highest BCUT2D eigenvalue weighted by molar-refractivity contribution is 5.89. The Hall–Kier alpha value is -3.34. The van der Waals surface area contributed by atoms with Crippen molar-refractivity contribution in [3.63, 3.8) is 0 Å². The number of rotatable bonds is 3. The largest absolute Gasteiger partial charge is 0.490 e. The minimum absolute atomic E-state index is 0.0568. The van der Waals surface area contributed by atoms with Gasteiger partial charge in [0.2, 0.25) is 11.9 Å². The second-order valence-corrected chi connectivity index (χ2v) is 5.61. The van der Waals surface area contributed by atoms with Crippen LogP contribution in [0.2, 0.25) is 0 Å². The number of nitrogens with zero attached hydrogens (tertiary/aromatic N) is 5. The average Bonchev–Trinajstić information content (AvgIpc) is 2.85. The fraction of sp³-hybridized carbons (Fsp3) is 0.294. The van der Waals surface area contributed by atoms with Crippen LogP contribution in [0.25, 0.3) is 11.6 Å². The number of nitrogen functional groups attached to an aromatic ring is 1. The summed E-state index contributed by atoms with van der Waals surface area (Å²) in [6, 6.07) is 7.66. The van der Waals surface area contributed by atoms with Crippen molar-refractivity contribution >= 4 is 23.5 Å². The number of nitriles is 1. The number of hydrogen-bond acceptors (Lipinski definition) is 8. The van der Waals surface area contributed by atoms with Gasteiger partial charge in [0.05, 0.1) is 18.8 Å². The summed E-state index contributed by atoms with van der Waals surface area (Å²) in [5, 5.41) is 9.58. The van der Waals surface area contributed by atoms with Crippen LogP contribution in [0.3, 0.4) is 0 Å². The van der Waals surface area contributed by atoms with E-state index in [-0.39, 0.29) is 17.3 Å². The highest BCUT2D eigenvalue weighted by atomic mass is 16.5. The Kier molecular flexibility index (Phi) is 4.66. The fourth-order valence-corrected chi connectivity index (χ4v) is 2.33. The Bertz CT molecular complexity index is 857. The first-order chi connectivity index (χ1) is 12.1. The van der Waals surface area contributed by atoms with E-state index in [0.717, 1.165) is 12.0 Å². The topological polar surface area (TPSA) is 110 Å². The molecular weight excluding hydrogens is 320 g/mol. The van der Waals surface area contributed by atoms with Crippen LogP contribution in [-0.4, -0.2) is 42.3 Å². The van der Waals surface area contributed by atoms with Gasteiger partial charge in [-0.3, -0.25) is 0 Å². The van der Waals surface area contributed by atoms with E-state index in [4.69, 9.17) is 15.2 Å². The molecule has 2 aromatic rings. The van der Waals surface area contributed by atoms with Crippen LogP contribution in [0.4, 0.5) is 11.9 Å². The summed E-state index contributed by atoms with van der Waals surface area (Å²) in [5.41, 5.74) is 6.73. The molecule has 0 saturated carbocycles. The molecule has 1 aliphatic heterocycles. The van der Waals surface area contributed by atoms with Crippen LogP contribution >= 0.6 is 0 Å². The molecule has 128 valence electrons. The number of allylic oxidation sites excluding steroid dienone is 1. The van der Waals surface area contributed by atoms with Gasteiger partial charge in [0.15, 0.2) is 17.3 Å². The first-order valence-corrected chi connectivity index (χ1v) is 7.78. The van der Waals surface area contributed by atoms with E-state index < -0.39 is 0 Å². The summed E-state index contributed by atoms with van der Waals surface area (Å²) in [6.45, 7) is 1.16. The number of hydrogen-bond donors (Lipinski definition) is 1. The van der Waals surface area contributed by atoms with Gasteiger partial charge in [-0.2, -0.15) is 20.2 Å². The molecule has 1 aromatic carbocycles. The third-order valence-corrected chi connectivity index (χ3v) is 3.50. The van der Waals surface area contributed by atoms with Crippen LogP contribution in [0.1, 0.15) is 17.8 Å². The normalized spacial score (nSPS) is 13.7. The predicted molar refractivity (Wildman–Crippen MR) is 94.1 cm³/mol. The van der Waals surface area contributed by atoms with Crippen molar-refractivity contribution in [3.05, 3.63) is 29.6 Å². The quantitative estimate of drug-likeness (QED) is 0.843. The zero-order valence-electron chi connectivity index (χ0n) is 14.1. The van der Waals surface area contributed by atoms with Gasteiger partial charge in [0, 0.05) is 26.1 Å². The van der Waals surface area contributed by atoms with Crippen LogP contribution in [-0.2, 0) is 0 Å². The van der Waals surface area contributed by atoms with E-state index in [0.29, 0.717) is 30.7 Å². The molecular formula is C17H18N6O2. The lowest BCUT2D eigenvalue weighted by Crippen LogP contribution is -2.15. The molecule has 0 unspecified atom stereocenters. The lowest BCUT2D eigenvalue weighted by atomic mass is 10.1. The van der Waals surface area contributed by atoms with E-state index >= 15 is 0 Å². The van der Waals surface area contributed by atoms with E-state index in [1.807, 2.05) is 18.2 Å². The molecule has 3 rings (SSSR count). The zero-order valence-corrected chi connectivity index (χ0v) is 14.1. The van der Waals surface area contributed by atoms with Crippen LogP contribution in [0.5, 0.6) is 11.5 Å². The van der Waals surface area contributed by atoms with E-state index in [1.165, 1.54) is 0 Å². The summed E-state index contributed by atoms with van der Waals surface area (Å²) in [6.07, 6.45) is 2.47. The van der Waals surface area contributed by atoms with Crippen molar-refractivity contribution in [1.82, 2.24) is 15.0 Å². The van der Waals surface area contributed by atoms with Crippen molar-refractivity contribution < 1.29 is 9.47 Å². The Morgan fingerprint density at radius 2 is 2.04 bits per heavy atom. The molecule has 25 heavy (non-hydrogen) atoms. The monoisotopic (exact) mass is 338 g/mol. The highest BCUT2D eigenvalue weighted by Crippen LogP contribution is 2.35. The second-order valence-electron chi connectivity index (χ2n) is 5.61. The van der Waals surface area contributed by atoms with Crippen molar-refractivity contribution in [1.29, 1.82) is 5.26 Å². The number of nitrogens with two attached hydrogens (primary N) is 1. The Balaban J connectivity index is 2.07. The molecule has 2 heterocycles. The van der Waals surface area contributed by atoms with Gasteiger partial charge >= 0.3 is 0 Å². The number of anilines is 2. The molecule has 0 saturated heterocycles. The van der Waals surface area contributed by atoms with Crippen molar-refractivity contribution in [3.8, 4) is 17.6 Å². The molecule has 0 aliphatic carbocycles. The van der Waals surface area contributed by atoms with Crippen molar-refractivity contribution in [2.45, 2.75) is 6.42 Å². The maximum absolute atomic E-state index is 9.58. The van der Waals surface area contributed by atoms with Crippen LogP contribution < -0.4 is 20.1 Å². The van der Waals surface area contributed by atoms with Crippen LogP contribution in [0, 0.1) is 11.3 Å². The first-order valence-electron chi connectivity index (χ1n) is 7.78. The second kappa shape index (κ2) is 7.05. The third-order valence-electron chi connectivity index (χ3n) is 3.50. The molecule has 0 fully saturated rings. The molecule has 0 amide bonds. The molecule has 0 bridgehead atoms. The minimum atomic E-state index is 0.0568. The molecule has 1 aromatic heterocycles. The highest BCUT2D eigenvalue weighted by Gasteiger charge is 2.16. The zero-order chi connectivity index (χ0) is 17.8. The predicted octanol–water partition coefficient (Wildman–Crippen LogP) is 1.75. The van der Waals surface area contributed by atoms with Gasteiger partial charge in [-0.15, -0.1) is 0 Å². The van der Waals surface area contributed by atoms with Crippen molar-refractivity contribution in [2.24, 2.45) is 0 Å². The van der Waals surface area contributed by atoms with E-state index in [9.17, 15) is 5.26 Å². The van der Waals surface area contributed by atoms with E-state index in [2.05, 4.69) is 21.0 Å². The first kappa shape index (κ1) is 16.5. The summed E-state index contributed by atoms with van der Waals surface area (Å²) >= 11 is 0. The Labute approximate surface area is 145 Å². The van der Waals surface area contributed by atoms with Crippen molar-refractivity contribution in [2.75, 3.05) is 37.9 Å². The molecule has 8 heteroatoms. The summed E-state index contributed by atoms with van der Waals surface area (Å²) in [4.78, 5) is 14.1. The maximum Gasteiger partial charge on any atom is 0.230 e. The molecule has 0 atom stereocenters. The number of para-hydroxylation sites is 1. The molecule has 8 nitrogen and oxygen atoms in total. The summed E-state index contributed by atoms with van der Waals surface area (Å²) in [5.74, 6) is 1.93. The third kappa shape index (κ3) is 3.61. The Morgan fingerprint density at radius 3 is 2.80 bits per heavy atom. The van der Waals surface area contributed by atoms with Gasteiger partial charge < -0.3 is 20.1 Å². The van der Waals surface area contributed by atoms with Gasteiger partial charge in [-0.25, -0.2) is 0 Å². The fourth-order valence-electron chi connectivity index (χ4n) is 2.33. The SMILES string of the molecule is CN(C)c1nc(N)nc(/C(C#N)=C\c2cccc3c2OCCCO3)n1. The number of aromatic nitrogens is 3. The van der Waals surface area contributed by atoms with Gasteiger partial charge in [-0.05, 0) is 12.1 Å². The number of benzene rings is 1. The summed E-state index contributed by atoms with van der Waals surface area (Å²) in [7, 11) is 3.58. The lowest BCUT2D eigenvalue weighted by molar-refractivity contribution is 0.296. The molecule has 1 aliphatic rings. The van der Waals surface area contributed by atoms with Gasteiger partial charge in [0.25, 0.3) is 0 Å². The smallest absolute Gasteiger partial charge is 0.230 e. The van der Waals surface area contributed by atoms with Crippen LogP contribution in [0.15, 0.2) is 18.2 Å². The van der Waals surface area contributed by atoms with Gasteiger partial charge in [0.1, 0.15) is 6.07 Å². The molecule has 0 radical (unpaired) electrons. The lowest BCUT2D eigenvalue weighted by Gasteiger charge is -2.12. The molecule has 2 N–H and O–H groups in total. The number of fused-ring (bicyclic) bond motifs is 1. The average molecular weight is 338 g/mol. The molecule has 0 spiro atoms. The summed E-state index contributed by atoms with van der Waals surface area (Å²) < 4.78 is 11.5. The van der Waals surface area contributed by atoms with E-state index in [1.54, 1.807) is 25.1 Å².